The van der Waals surface area contributed by atoms with Gasteiger partial charge in [0.25, 0.3) is 0 Å². The van der Waals surface area contributed by atoms with Crippen LogP contribution in [0.25, 0.3) is 0 Å². The Kier molecular flexibility index (Phi) is 6.44. The fourth-order valence-corrected chi connectivity index (χ4v) is 3.22. The first-order valence-corrected chi connectivity index (χ1v) is 11.7. The van der Waals surface area contributed by atoms with E-state index in [0.717, 1.165) is 11.1 Å². The minimum Gasteiger partial charge on any atom is -0.489 e. The zero-order valence-corrected chi connectivity index (χ0v) is 17.0. The van der Waals surface area contributed by atoms with Crippen LogP contribution in [-0.4, -0.2) is 20.0 Å². The standard InChI is InChI=1S/C21H30O3Si/c1-21(2,3)25(4,5)24-16-19(22)18-13-9-10-14-20(18)23-15-17-11-7-6-8-12-17/h6-14,19,22H,15-16H2,1-5H3/t19-/m1/s1. The molecule has 0 aliphatic carbocycles. The Hall–Kier alpha value is -1.62. The number of para-hydroxylation sites is 1. The molecule has 3 nitrogen and oxygen atoms in total. The summed E-state index contributed by atoms with van der Waals surface area (Å²) in [4.78, 5) is 0. The van der Waals surface area contributed by atoms with Crippen molar-refractivity contribution in [2.24, 2.45) is 0 Å². The lowest BCUT2D eigenvalue weighted by atomic mass is 10.1. The van der Waals surface area contributed by atoms with Crippen molar-refractivity contribution in [1.82, 2.24) is 0 Å². The lowest BCUT2D eigenvalue weighted by molar-refractivity contribution is 0.0969. The van der Waals surface area contributed by atoms with Gasteiger partial charge in [-0.25, -0.2) is 0 Å². The second kappa shape index (κ2) is 8.17. The molecule has 1 atom stereocenters. The molecule has 2 rings (SSSR count). The molecule has 0 bridgehead atoms. The topological polar surface area (TPSA) is 38.7 Å². The maximum atomic E-state index is 10.6. The van der Waals surface area contributed by atoms with Crippen molar-refractivity contribution < 1.29 is 14.3 Å². The maximum absolute atomic E-state index is 10.6. The molecule has 0 saturated heterocycles. The lowest BCUT2D eigenvalue weighted by Crippen LogP contribution is -2.41. The molecule has 2 aromatic carbocycles. The first-order valence-electron chi connectivity index (χ1n) is 8.78. The van der Waals surface area contributed by atoms with Gasteiger partial charge in [0.05, 0.1) is 6.61 Å². The SMILES string of the molecule is CC(C)(C)[Si](C)(C)OC[C@@H](O)c1ccccc1OCc1ccccc1. The van der Waals surface area contributed by atoms with E-state index in [1.807, 2.05) is 54.6 Å². The van der Waals surface area contributed by atoms with Crippen LogP contribution in [0.3, 0.4) is 0 Å². The highest BCUT2D eigenvalue weighted by atomic mass is 28.4. The summed E-state index contributed by atoms with van der Waals surface area (Å²) in [5, 5.41) is 10.8. The van der Waals surface area contributed by atoms with E-state index in [4.69, 9.17) is 9.16 Å². The number of aliphatic hydroxyl groups excluding tert-OH is 1. The third kappa shape index (κ3) is 5.43. The normalized spacial score (nSPS) is 13.5. The van der Waals surface area contributed by atoms with E-state index >= 15 is 0 Å². The summed E-state index contributed by atoms with van der Waals surface area (Å²) in [7, 11) is -1.89. The summed E-state index contributed by atoms with van der Waals surface area (Å²) in [6.07, 6.45) is -0.693. The molecule has 136 valence electrons. The average molecular weight is 359 g/mol. The van der Waals surface area contributed by atoms with E-state index < -0.39 is 14.4 Å². The fraction of sp³-hybridized carbons (Fsp3) is 0.429. The number of hydrogen-bond donors (Lipinski definition) is 1. The molecular weight excluding hydrogens is 328 g/mol. The van der Waals surface area contributed by atoms with Crippen molar-refractivity contribution in [3.8, 4) is 5.75 Å². The molecule has 1 N–H and O–H groups in total. The summed E-state index contributed by atoms with van der Waals surface area (Å²) in [6.45, 7) is 11.7. The Morgan fingerprint density at radius 2 is 1.56 bits per heavy atom. The van der Waals surface area contributed by atoms with Gasteiger partial charge in [-0.05, 0) is 29.8 Å². The van der Waals surface area contributed by atoms with E-state index in [-0.39, 0.29) is 5.04 Å². The quantitative estimate of drug-likeness (QED) is 0.681. The van der Waals surface area contributed by atoms with Crippen LogP contribution in [0.1, 0.15) is 38.0 Å². The van der Waals surface area contributed by atoms with Crippen LogP contribution in [0.4, 0.5) is 0 Å². The number of rotatable bonds is 7. The Morgan fingerprint density at radius 3 is 2.20 bits per heavy atom. The number of ether oxygens (including phenoxy) is 1. The second-order valence-corrected chi connectivity index (χ2v) is 12.7. The maximum Gasteiger partial charge on any atom is 0.192 e. The highest BCUT2D eigenvalue weighted by Crippen LogP contribution is 2.37. The van der Waals surface area contributed by atoms with Crippen molar-refractivity contribution in [1.29, 1.82) is 0 Å². The van der Waals surface area contributed by atoms with Crippen LogP contribution in [0.5, 0.6) is 5.75 Å². The van der Waals surface area contributed by atoms with Gasteiger partial charge < -0.3 is 14.3 Å². The minimum atomic E-state index is -1.89. The lowest BCUT2D eigenvalue weighted by Gasteiger charge is -2.36. The first kappa shape index (κ1) is 19.7. The smallest absolute Gasteiger partial charge is 0.192 e. The van der Waals surface area contributed by atoms with Gasteiger partial charge in [-0.15, -0.1) is 0 Å². The molecule has 25 heavy (non-hydrogen) atoms. The van der Waals surface area contributed by atoms with Gasteiger partial charge in [-0.2, -0.15) is 0 Å². The molecule has 4 heteroatoms. The van der Waals surface area contributed by atoms with Crippen molar-refractivity contribution in [3.63, 3.8) is 0 Å². The molecule has 0 amide bonds. The van der Waals surface area contributed by atoms with Gasteiger partial charge >= 0.3 is 0 Å². The predicted octanol–water partition coefficient (Wildman–Crippen LogP) is 5.32. The minimum absolute atomic E-state index is 0.121. The monoisotopic (exact) mass is 358 g/mol. The summed E-state index contributed by atoms with van der Waals surface area (Å²) in [5.41, 5.74) is 1.88. The van der Waals surface area contributed by atoms with E-state index in [0.29, 0.717) is 19.0 Å². The molecule has 0 aliphatic heterocycles. The van der Waals surface area contributed by atoms with Crippen LogP contribution < -0.4 is 4.74 Å². The molecule has 0 fully saturated rings. The molecule has 2 aromatic rings. The molecule has 0 saturated carbocycles. The van der Waals surface area contributed by atoms with Gasteiger partial charge in [-0.1, -0.05) is 69.3 Å². The first-order chi connectivity index (χ1) is 11.7. The molecule has 0 aliphatic rings. The fourth-order valence-electron chi connectivity index (χ4n) is 2.22. The molecule has 0 unspecified atom stereocenters. The molecular formula is C21H30O3Si. The Morgan fingerprint density at radius 1 is 0.960 bits per heavy atom. The second-order valence-electron chi connectivity index (χ2n) is 7.90. The Labute approximate surface area is 152 Å². The average Bonchev–Trinajstić information content (AvgIpc) is 2.58. The van der Waals surface area contributed by atoms with Crippen molar-refractivity contribution >= 4 is 8.32 Å². The summed E-state index contributed by atoms with van der Waals surface area (Å²) >= 11 is 0. The van der Waals surface area contributed by atoms with Crippen molar-refractivity contribution in [3.05, 3.63) is 65.7 Å². The molecule has 0 spiro atoms. The van der Waals surface area contributed by atoms with Gasteiger partial charge in [0.15, 0.2) is 8.32 Å². The van der Waals surface area contributed by atoms with Gasteiger partial charge in [0.2, 0.25) is 0 Å². The third-order valence-electron chi connectivity index (χ3n) is 4.92. The van der Waals surface area contributed by atoms with Crippen LogP contribution in [-0.2, 0) is 11.0 Å². The van der Waals surface area contributed by atoms with E-state index in [2.05, 4.69) is 33.9 Å². The number of benzene rings is 2. The van der Waals surface area contributed by atoms with Crippen LogP contribution in [0.15, 0.2) is 54.6 Å². The number of hydrogen-bond acceptors (Lipinski definition) is 3. The molecule has 0 radical (unpaired) electrons. The summed E-state index contributed by atoms with van der Waals surface area (Å²) in [6, 6.07) is 17.7. The number of aliphatic hydroxyl groups is 1. The largest absolute Gasteiger partial charge is 0.489 e. The zero-order valence-electron chi connectivity index (χ0n) is 16.0. The van der Waals surface area contributed by atoms with E-state index in [1.54, 1.807) is 0 Å². The zero-order chi connectivity index (χ0) is 18.5. The van der Waals surface area contributed by atoms with Gasteiger partial charge in [-0.3, -0.25) is 0 Å². The molecule has 0 heterocycles. The van der Waals surface area contributed by atoms with E-state index in [1.165, 1.54) is 0 Å². The van der Waals surface area contributed by atoms with Gasteiger partial charge in [0, 0.05) is 5.56 Å². The van der Waals surface area contributed by atoms with Gasteiger partial charge in [0.1, 0.15) is 18.5 Å². The van der Waals surface area contributed by atoms with Crippen molar-refractivity contribution in [2.45, 2.75) is 51.6 Å². The third-order valence-corrected chi connectivity index (χ3v) is 9.42. The molecule has 0 aromatic heterocycles. The summed E-state index contributed by atoms with van der Waals surface area (Å²) in [5.74, 6) is 0.706. The highest BCUT2D eigenvalue weighted by Gasteiger charge is 2.37. The van der Waals surface area contributed by atoms with Crippen LogP contribution in [0, 0.1) is 0 Å². The van der Waals surface area contributed by atoms with E-state index in [9.17, 15) is 5.11 Å². The Bertz CT molecular complexity index is 662. The Balaban J connectivity index is 2.04. The highest BCUT2D eigenvalue weighted by molar-refractivity contribution is 6.74. The van der Waals surface area contributed by atoms with Crippen LogP contribution in [0.2, 0.25) is 18.1 Å². The predicted molar refractivity (Wildman–Crippen MR) is 105 cm³/mol. The van der Waals surface area contributed by atoms with Crippen molar-refractivity contribution in [2.75, 3.05) is 6.61 Å². The summed E-state index contributed by atoms with van der Waals surface area (Å²) < 4.78 is 12.1. The van der Waals surface area contributed by atoms with Crippen LogP contribution >= 0.6 is 0 Å².